The Kier molecular flexibility index (Phi) is 7.34. The van der Waals surface area contributed by atoms with Crippen molar-refractivity contribution in [2.45, 2.75) is 23.3 Å². The highest BCUT2D eigenvalue weighted by Crippen LogP contribution is 2.29. The Morgan fingerprint density at radius 1 is 1.22 bits per heavy atom. The highest BCUT2D eigenvalue weighted by atomic mass is 35.6. The van der Waals surface area contributed by atoms with Gasteiger partial charge in [-0.1, -0.05) is 41.7 Å². The molecule has 126 valence electrons. The van der Waals surface area contributed by atoms with E-state index < -0.39 is 15.9 Å². The standard InChI is InChI=1S/C13H14Cl3N3O3S/c1-2-9(20)18-11(13(14,15)16)19-12(23)17-8-5-3-7(4-6-8)10(21)22/h3-6,11H,2H2,1H3,(H,18,20)(H,21,22)(H2,17,19,23). The van der Waals surface area contributed by atoms with E-state index in [9.17, 15) is 9.59 Å². The van der Waals surface area contributed by atoms with Crippen molar-refractivity contribution in [3.8, 4) is 0 Å². The fourth-order valence-electron chi connectivity index (χ4n) is 1.46. The van der Waals surface area contributed by atoms with Crippen LogP contribution in [0.5, 0.6) is 0 Å². The first-order valence-electron chi connectivity index (χ1n) is 6.40. The van der Waals surface area contributed by atoms with E-state index in [1.807, 2.05) is 0 Å². The largest absolute Gasteiger partial charge is 0.478 e. The first-order chi connectivity index (χ1) is 10.6. The second-order valence-electron chi connectivity index (χ2n) is 4.38. The number of anilines is 1. The number of hydrogen-bond acceptors (Lipinski definition) is 3. The molecule has 6 nitrogen and oxygen atoms in total. The van der Waals surface area contributed by atoms with Gasteiger partial charge >= 0.3 is 5.97 Å². The zero-order valence-corrected chi connectivity index (χ0v) is 15.0. The summed E-state index contributed by atoms with van der Waals surface area (Å²) in [6.45, 7) is 1.66. The Labute approximate surface area is 153 Å². The van der Waals surface area contributed by atoms with Crippen molar-refractivity contribution in [3.05, 3.63) is 29.8 Å². The van der Waals surface area contributed by atoms with Crippen LogP contribution in [0, 0.1) is 0 Å². The third-order valence-electron chi connectivity index (χ3n) is 2.62. The summed E-state index contributed by atoms with van der Waals surface area (Å²) in [5.41, 5.74) is 0.682. The quantitative estimate of drug-likeness (QED) is 0.346. The molecule has 0 saturated carbocycles. The number of halogens is 3. The molecule has 0 spiro atoms. The SMILES string of the molecule is CCC(=O)NC(NC(=S)Nc1ccc(C(=O)O)cc1)C(Cl)(Cl)Cl. The third kappa shape index (κ3) is 6.78. The van der Waals surface area contributed by atoms with E-state index in [-0.39, 0.29) is 23.0 Å². The zero-order valence-electron chi connectivity index (χ0n) is 11.9. The minimum Gasteiger partial charge on any atom is -0.478 e. The van der Waals surface area contributed by atoms with E-state index in [4.69, 9.17) is 52.1 Å². The number of thiocarbonyl (C=S) groups is 1. The smallest absolute Gasteiger partial charge is 0.335 e. The van der Waals surface area contributed by atoms with Crippen molar-refractivity contribution >= 4 is 69.7 Å². The lowest BCUT2D eigenvalue weighted by molar-refractivity contribution is -0.121. The lowest BCUT2D eigenvalue weighted by Gasteiger charge is -2.27. The summed E-state index contributed by atoms with van der Waals surface area (Å²) >= 11 is 22.5. The molecule has 0 saturated heterocycles. The molecule has 1 atom stereocenters. The average molecular weight is 399 g/mol. The molecule has 0 fully saturated rings. The van der Waals surface area contributed by atoms with E-state index in [0.717, 1.165) is 0 Å². The van der Waals surface area contributed by atoms with E-state index in [2.05, 4.69) is 16.0 Å². The molecular weight excluding hydrogens is 385 g/mol. The highest BCUT2D eigenvalue weighted by Gasteiger charge is 2.34. The summed E-state index contributed by atoms with van der Waals surface area (Å²) < 4.78 is -1.82. The van der Waals surface area contributed by atoms with Crippen LogP contribution in [0.3, 0.4) is 0 Å². The Morgan fingerprint density at radius 3 is 2.22 bits per heavy atom. The van der Waals surface area contributed by atoms with Gasteiger partial charge < -0.3 is 21.1 Å². The van der Waals surface area contributed by atoms with Gasteiger partial charge in [0.2, 0.25) is 9.70 Å². The predicted octanol–water partition coefficient (Wildman–Crippen LogP) is 2.89. The van der Waals surface area contributed by atoms with Crippen molar-refractivity contribution in [1.82, 2.24) is 10.6 Å². The summed E-state index contributed by atoms with van der Waals surface area (Å²) in [7, 11) is 0. The number of carboxylic acid groups (broad SMARTS) is 1. The number of alkyl halides is 3. The van der Waals surface area contributed by atoms with E-state index in [1.165, 1.54) is 24.3 Å². The first-order valence-corrected chi connectivity index (χ1v) is 7.94. The number of nitrogens with one attached hydrogen (secondary N) is 3. The maximum absolute atomic E-state index is 11.5. The van der Waals surface area contributed by atoms with Crippen LogP contribution in [-0.4, -0.2) is 32.1 Å². The lowest BCUT2D eigenvalue weighted by atomic mass is 10.2. The van der Waals surface area contributed by atoms with Crippen LogP contribution in [-0.2, 0) is 4.79 Å². The molecule has 1 unspecified atom stereocenters. The van der Waals surface area contributed by atoms with Crippen molar-refractivity contribution in [3.63, 3.8) is 0 Å². The summed E-state index contributed by atoms with van der Waals surface area (Å²) in [5, 5.41) is 16.9. The zero-order chi connectivity index (χ0) is 17.6. The van der Waals surface area contributed by atoms with E-state index in [1.54, 1.807) is 6.92 Å². The maximum atomic E-state index is 11.5. The normalized spacial score (nSPS) is 12.2. The molecule has 0 aliphatic carbocycles. The molecule has 4 N–H and O–H groups in total. The molecular formula is C13H14Cl3N3O3S. The van der Waals surface area contributed by atoms with Gasteiger partial charge in [-0.05, 0) is 36.5 Å². The van der Waals surface area contributed by atoms with E-state index >= 15 is 0 Å². The number of carboxylic acids is 1. The number of amides is 1. The van der Waals surface area contributed by atoms with E-state index in [0.29, 0.717) is 5.69 Å². The van der Waals surface area contributed by atoms with Gasteiger partial charge in [0.1, 0.15) is 6.17 Å². The Bertz CT molecular complexity index is 590. The number of carbonyl (C=O) groups excluding carboxylic acids is 1. The summed E-state index contributed by atoms with van der Waals surface area (Å²) in [4.78, 5) is 22.2. The van der Waals surface area contributed by atoms with Crippen LogP contribution in [0.1, 0.15) is 23.7 Å². The number of hydrogen-bond donors (Lipinski definition) is 4. The maximum Gasteiger partial charge on any atom is 0.335 e. The third-order valence-corrected chi connectivity index (χ3v) is 3.49. The van der Waals surface area contributed by atoms with Gasteiger partial charge in [-0.3, -0.25) is 4.79 Å². The highest BCUT2D eigenvalue weighted by molar-refractivity contribution is 7.80. The van der Waals surface area contributed by atoms with Crippen LogP contribution < -0.4 is 16.0 Å². The lowest BCUT2D eigenvalue weighted by Crippen LogP contribution is -2.56. The van der Waals surface area contributed by atoms with Gasteiger partial charge in [0.15, 0.2) is 5.11 Å². The summed E-state index contributed by atoms with van der Waals surface area (Å²) in [6, 6.07) is 5.90. The van der Waals surface area contributed by atoms with Crippen molar-refractivity contribution in [1.29, 1.82) is 0 Å². The molecule has 0 aliphatic heterocycles. The fourth-order valence-corrected chi connectivity index (χ4v) is 2.02. The van der Waals surface area contributed by atoms with Gasteiger partial charge in [-0.2, -0.15) is 0 Å². The minimum absolute atomic E-state index is 0.0980. The fraction of sp³-hybridized carbons (Fsp3) is 0.308. The Morgan fingerprint density at radius 2 is 1.78 bits per heavy atom. The van der Waals surface area contributed by atoms with Crippen molar-refractivity contribution < 1.29 is 14.7 Å². The van der Waals surface area contributed by atoms with Gasteiger partial charge in [0.05, 0.1) is 5.56 Å². The minimum atomic E-state index is -1.82. The monoisotopic (exact) mass is 397 g/mol. The summed E-state index contributed by atoms with van der Waals surface area (Å²) in [6.07, 6.45) is -0.811. The molecule has 1 aromatic carbocycles. The first kappa shape index (κ1) is 19.8. The van der Waals surface area contributed by atoms with Crippen LogP contribution >= 0.6 is 47.0 Å². The molecule has 0 aliphatic rings. The van der Waals surface area contributed by atoms with Gasteiger partial charge in [-0.25, -0.2) is 4.79 Å². The molecule has 23 heavy (non-hydrogen) atoms. The van der Waals surface area contributed by atoms with Gasteiger partial charge in [0, 0.05) is 12.1 Å². The molecule has 0 heterocycles. The average Bonchev–Trinajstić information content (AvgIpc) is 2.45. The molecule has 0 radical (unpaired) electrons. The second-order valence-corrected chi connectivity index (χ2v) is 7.15. The molecule has 1 amide bonds. The van der Waals surface area contributed by atoms with Gasteiger partial charge in [-0.15, -0.1) is 0 Å². The second kappa shape index (κ2) is 8.54. The van der Waals surface area contributed by atoms with Crippen molar-refractivity contribution in [2.75, 3.05) is 5.32 Å². The number of rotatable bonds is 5. The summed E-state index contributed by atoms with van der Waals surface area (Å²) in [5.74, 6) is -1.35. The molecule has 0 bridgehead atoms. The number of carbonyl (C=O) groups is 2. The van der Waals surface area contributed by atoms with Crippen molar-refractivity contribution in [2.24, 2.45) is 0 Å². The van der Waals surface area contributed by atoms with Crippen LogP contribution in [0.25, 0.3) is 0 Å². The van der Waals surface area contributed by atoms with Crippen LogP contribution in [0.4, 0.5) is 5.69 Å². The Balaban J connectivity index is 2.71. The van der Waals surface area contributed by atoms with Gasteiger partial charge in [0.25, 0.3) is 0 Å². The predicted molar refractivity (Wildman–Crippen MR) is 95.3 cm³/mol. The molecule has 1 aromatic rings. The molecule has 10 heteroatoms. The molecule has 1 rings (SSSR count). The van der Waals surface area contributed by atoms with Crippen LogP contribution in [0.15, 0.2) is 24.3 Å². The number of aromatic carboxylic acids is 1. The Hall–Kier alpha value is -1.28. The molecule has 0 aromatic heterocycles. The number of benzene rings is 1. The van der Waals surface area contributed by atoms with Crippen LogP contribution in [0.2, 0.25) is 0 Å². The topological polar surface area (TPSA) is 90.5 Å².